The predicted molar refractivity (Wildman–Crippen MR) is 91.7 cm³/mol. The third-order valence-electron chi connectivity index (χ3n) is 4.05. The van der Waals surface area contributed by atoms with Crippen molar-refractivity contribution < 1.29 is 14.3 Å². The van der Waals surface area contributed by atoms with Gasteiger partial charge in [-0.3, -0.25) is 9.59 Å². The molecule has 1 atom stereocenters. The Balaban J connectivity index is 1.90. The van der Waals surface area contributed by atoms with Crippen LogP contribution in [-0.2, 0) is 0 Å². The van der Waals surface area contributed by atoms with Gasteiger partial charge >= 0.3 is 0 Å². The average Bonchev–Trinajstić information content (AvgIpc) is 2.83. The average molecular weight is 324 g/mol. The monoisotopic (exact) mass is 324 g/mol. The molecule has 2 amide bonds. The van der Waals surface area contributed by atoms with Gasteiger partial charge in [0.2, 0.25) is 0 Å². The quantitative estimate of drug-likeness (QED) is 0.652. The van der Waals surface area contributed by atoms with Gasteiger partial charge in [0, 0.05) is 12.1 Å². The molecule has 1 unspecified atom stereocenters. The molecular formula is C19H20N2O3. The number of rotatable bonds is 6. The number of ether oxygens (including phenoxy) is 1. The van der Waals surface area contributed by atoms with Crippen LogP contribution in [0, 0.1) is 0 Å². The number of hydrogen-bond donors (Lipinski definition) is 1. The highest BCUT2D eigenvalue weighted by Gasteiger charge is 2.40. The van der Waals surface area contributed by atoms with E-state index >= 15 is 0 Å². The molecule has 0 spiro atoms. The van der Waals surface area contributed by atoms with Crippen molar-refractivity contribution in [3.63, 3.8) is 0 Å². The molecule has 1 aliphatic rings. The summed E-state index contributed by atoms with van der Waals surface area (Å²) in [6.45, 7) is 2.06. The first kappa shape index (κ1) is 16.1. The highest BCUT2D eigenvalue weighted by atomic mass is 16.5. The largest absolute Gasteiger partial charge is 0.470 e. The molecule has 2 aromatic rings. The van der Waals surface area contributed by atoms with Crippen molar-refractivity contribution in [3.05, 3.63) is 59.7 Å². The van der Waals surface area contributed by atoms with Crippen LogP contribution in [0.25, 0.3) is 0 Å². The van der Waals surface area contributed by atoms with Gasteiger partial charge in [0.15, 0.2) is 6.23 Å². The first-order valence-corrected chi connectivity index (χ1v) is 8.11. The Morgan fingerprint density at radius 2 is 1.75 bits per heavy atom. The second kappa shape index (κ2) is 6.74. The Morgan fingerprint density at radius 1 is 1.04 bits per heavy atom. The molecule has 0 aliphatic carbocycles. The zero-order valence-electron chi connectivity index (χ0n) is 13.6. The molecule has 0 saturated heterocycles. The molecule has 2 aromatic carbocycles. The number of nitrogen functional groups attached to an aromatic ring is 1. The van der Waals surface area contributed by atoms with Gasteiger partial charge in [-0.25, -0.2) is 4.90 Å². The number of carbonyl (C=O) groups excluding carboxylic acids is 2. The normalized spacial score (nSPS) is 14.6. The van der Waals surface area contributed by atoms with Crippen LogP contribution in [0.15, 0.2) is 48.5 Å². The van der Waals surface area contributed by atoms with Crippen LogP contribution in [-0.4, -0.2) is 22.9 Å². The van der Waals surface area contributed by atoms with Crippen molar-refractivity contribution in [2.45, 2.75) is 32.4 Å². The molecule has 24 heavy (non-hydrogen) atoms. The van der Waals surface area contributed by atoms with Gasteiger partial charge in [-0.1, -0.05) is 31.5 Å². The molecule has 124 valence electrons. The lowest BCUT2D eigenvalue weighted by Gasteiger charge is -2.27. The summed E-state index contributed by atoms with van der Waals surface area (Å²) in [4.78, 5) is 26.6. The fourth-order valence-corrected chi connectivity index (χ4v) is 2.81. The van der Waals surface area contributed by atoms with Crippen molar-refractivity contribution in [2.75, 3.05) is 5.73 Å². The van der Waals surface area contributed by atoms with Crippen LogP contribution in [0.2, 0.25) is 0 Å². The van der Waals surface area contributed by atoms with E-state index in [4.69, 9.17) is 10.5 Å². The SMILES string of the molecule is CCCCC(Oc1ccccc1)N1C(=O)c2ccc(N)cc2C1=O. The fourth-order valence-electron chi connectivity index (χ4n) is 2.81. The predicted octanol–water partition coefficient (Wildman–Crippen LogP) is 3.46. The van der Waals surface area contributed by atoms with E-state index < -0.39 is 6.23 Å². The number of hydrogen-bond acceptors (Lipinski definition) is 4. The van der Waals surface area contributed by atoms with Crippen LogP contribution in [0.5, 0.6) is 5.75 Å². The maximum atomic E-state index is 12.7. The number of fused-ring (bicyclic) bond motifs is 1. The van der Waals surface area contributed by atoms with Gasteiger partial charge in [0.1, 0.15) is 5.75 Å². The number of para-hydroxylation sites is 1. The van der Waals surface area contributed by atoms with Gasteiger partial charge in [-0.2, -0.15) is 0 Å². The molecule has 0 radical (unpaired) electrons. The number of amides is 2. The summed E-state index contributed by atoms with van der Waals surface area (Å²) in [7, 11) is 0. The van der Waals surface area contributed by atoms with Crippen LogP contribution in [0.1, 0.15) is 46.9 Å². The van der Waals surface area contributed by atoms with Crippen LogP contribution >= 0.6 is 0 Å². The molecule has 5 heteroatoms. The van der Waals surface area contributed by atoms with Gasteiger partial charge < -0.3 is 10.5 Å². The standard InChI is InChI=1S/C19H20N2O3/c1-2-3-9-17(24-14-7-5-4-6-8-14)21-18(22)15-11-10-13(20)12-16(15)19(21)23/h4-8,10-12,17H,2-3,9,20H2,1H3. The number of benzene rings is 2. The Morgan fingerprint density at radius 3 is 2.46 bits per heavy atom. The maximum absolute atomic E-state index is 12.7. The van der Waals surface area contributed by atoms with Crippen molar-refractivity contribution in [3.8, 4) is 5.75 Å². The smallest absolute Gasteiger partial charge is 0.264 e. The second-order valence-corrected chi connectivity index (χ2v) is 5.81. The van der Waals surface area contributed by atoms with E-state index in [1.165, 1.54) is 4.90 Å². The van der Waals surface area contributed by atoms with Crippen molar-refractivity contribution in [1.29, 1.82) is 0 Å². The van der Waals surface area contributed by atoms with E-state index in [0.717, 1.165) is 12.8 Å². The molecule has 0 bridgehead atoms. The molecule has 0 fully saturated rings. The zero-order valence-corrected chi connectivity index (χ0v) is 13.6. The van der Waals surface area contributed by atoms with E-state index in [0.29, 0.717) is 29.0 Å². The van der Waals surface area contributed by atoms with Gasteiger partial charge in [-0.05, 0) is 36.8 Å². The minimum absolute atomic E-state index is 0.327. The fraction of sp³-hybridized carbons (Fsp3) is 0.263. The van der Waals surface area contributed by atoms with Gasteiger partial charge in [0.25, 0.3) is 11.8 Å². The highest BCUT2D eigenvalue weighted by Crippen LogP contribution is 2.29. The Hall–Kier alpha value is -2.82. The molecule has 1 aliphatic heterocycles. The summed E-state index contributed by atoms with van der Waals surface area (Å²) < 4.78 is 5.96. The minimum atomic E-state index is -0.624. The molecule has 0 aromatic heterocycles. The number of anilines is 1. The number of nitrogens with zero attached hydrogens (tertiary/aromatic N) is 1. The number of unbranched alkanes of at least 4 members (excludes halogenated alkanes) is 1. The van der Waals surface area contributed by atoms with E-state index in [1.807, 2.05) is 30.3 Å². The van der Waals surface area contributed by atoms with Gasteiger partial charge in [-0.15, -0.1) is 0 Å². The summed E-state index contributed by atoms with van der Waals surface area (Å²) in [6, 6.07) is 14.0. The van der Waals surface area contributed by atoms with Crippen molar-refractivity contribution in [1.82, 2.24) is 4.90 Å². The molecule has 5 nitrogen and oxygen atoms in total. The molecule has 3 rings (SSSR count). The number of nitrogens with two attached hydrogens (primary N) is 1. The van der Waals surface area contributed by atoms with Crippen LogP contribution < -0.4 is 10.5 Å². The van der Waals surface area contributed by atoms with E-state index in [-0.39, 0.29) is 11.8 Å². The van der Waals surface area contributed by atoms with Crippen molar-refractivity contribution >= 4 is 17.5 Å². The lowest BCUT2D eigenvalue weighted by Crippen LogP contribution is -2.43. The summed E-state index contributed by atoms with van der Waals surface area (Å²) in [5, 5.41) is 0. The first-order chi connectivity index (χ1) is 11.6. The van der Waals surface area contributed by atoms with Gasteiger partial charge in [0.05, 0.1) is 11.1 Å². The van der Waals surface area contributed by atoms with E-state index in [2.05, 4.69) is 6.92 Å². The summed E-state index contributed by atoms with van der Waals surface area (Å²) in [5.41, 5.74) is 6.94. The molecule has 0 saturated carbocycles. The Labute approximate surface area is 141 Å². The van der Waals surface area contributed by atoms with Crippen molar-refractivity contribution in [2.24, 2.45) is 0 Å². The highest BCUT2D eigenvalue weighted by molar-refractivity contribution is 6.21. The van der Waals surface area contributed by atoms with E-state index in [9.17, 15) is 9.59 Å². The lowest BCUT2D eigenvalue weighted by molar-refractivity contribution is 0.0202. The van der Waals surface area contributed by atoms with Crippen LogP contribution in [0.4, 0.5) is 5.69 Å². The Kier molecular flexibility index (Phi) is 4.51. The molecular weight excluding hydrogens is 304 g/mol. The summed E-state index contributed by atoms with van der Waals surface area (Å²) in [6.07, 6.45) is 1.77. The molecule has 2 N–H and O–H groups in total. The Bertz CT molecular complexity index is 758. The molecule has 1 heterocycles. The minimum Gasteiger partial charge on any atom is -0.470 e. The maximum Gasteiger partial charge on any atom is 0.264 e. The zero-order chi connectivity index (χ0) is 17.1. The lowest BCUT2D eigenvalue weighted by atomic mass is 10.1. The second-order valence-electron chi connectivity index (χ2n) is 5.81. The number of carbonyl (C=O) groups is 2. The third-order valence-corrected chi connectivity index (χ3v) is 4.05. The third kappa shape index (κ3) is 2.97. The topological polar surface area (TPSA) is 72.6 Å². The van der Waals surface area contributed by atoms with Crippen LogP contribution in [0.3, 0.4) is 0 Å². The summed E-state index contributed by atoms with van der Waals surface area (Å²) in [5.74, 6) is -0.0407. The first-order valence-electron chi connectivity index (χ1n) is 8.11. The van der Waals surface area contributed by atoms with E-state index in [1.54, 1.807) is 18.2 Å². The summed E-state index contributed by atoms with van der Waals surface area (Å²) >= 11 is 0. The number of imide groups is 1.